The summed E-state index contributed by atoms with van der Waals surface area (Å²) < 4.78 is 5.43. The highest BCUT2D eigenvalue weighted by Crippen LogP contribution is 2.40. The summed E-state index contributed by atoms with van der Waals surface area (Å²) in [5.74, 6) is -1.07. The minimum atomic E-state index is -0.756. The zero-order valence-electron chi connectivity index (χ0n) is 16.0. The predicted molar refractivity (Wildman–Crippen MR) is 107 cm³/mol. The van der Waals surface area contributed by atoms with Crippen molar-refractivity contribution in [3.8, 4) is 0 Å². The number of carbonyl (C=O) groups is 3. The van der Waals surface area contributed by atoms with Crippen LogP contribution in [0.15, 0.2) is 54.6 Å². The largest absolute Gasteiger partial charge is 0.443 e. The van der Waals surface area contributed by atoms with Crippen molar-refractivity contribution < 1.29 is 19.1 Å². The van der Waals surface area contributed by atoms with Crippen LogP contribution in [0, 0.1) is 5.92 Å². The summed E-state index contributed by atoms with van der Waals surface area (Å²) >= 11 is 5.98. The van der Waals surface area contributed by atoms with E-state index in [0.717, 1.165) is 4.90 Å². The van der Waals surface area contributed by atoms with E-state index in [4.69, 9.17) is 16.3 Å². The van der Waals surface area contributed by atoms with Gasteiger partial charge in [0.2, 0.25) is 0 Å². The first-order valence-electron chi connectivity index (χ1n) is 9.09. The van der Waals surface area contributed by atoms with Crippen LogP contribution in [0.4, 0.5) is 4.79 Å². The molecule has 0 spiro atoms. The Labute approximate surface area is 169 Å². The van der Waals surface area contributed by atoms with Gasteiger partial charge >= 0.3 is 6.09 Å². The summed E-state index contributed by atoms with van der Waals surface area (Å²) in [5.41, 5.74) is 0.0821. The van der Waals surface area contributed by atoms with Crippen molar-refractivity contribution in [2.75, 3.05) is 0 Å². The highest BCUT2D eigenvalue weighted by Gasteiger charge is 2.52. The average molecular weight is 400 g/mol. The molecule has 146 valence electrons. The van der Waals surface area contributed by atoms with Gasteiger partial charge in [-0.2, -0.15) is 0 Å². The zero-order valence-corrected chi connectivity index (χ0v) is 16.8. The number of ether oxygens (including phenoxy) is 1. The molecule has 0 radical (unpaired) electrons. The fourth-order valence-corrected chi connectivity index (χ4v) is 3.19. The zero-order chi connectivity index (χ0) is 20.5. The third-order valence-corrected chi connectivity index (χ3v) is 4.60. The van der Waals surface area contributed by atoms with Gasteiger partial charge in [0.05, 0.1) is 6.04 Å². The molecular weight excluding hydrogens is 378 g/mol. The highest BCUT2D eigenvalue weighted by molar-refractivity contribution is 6.31. The second-order valence-corrected chi connectivity index (χ2v) is 8.24. The van der Waals surface area contributed by atoms with Crippen molar-refractivity contribution in [2.24, 2.45) is 5.92 Å². The van der Waals surface area contributed by atoms with Crippen LogP contribution in [0.2, 0.25) is 5.02 Å². The van der Waals surface area contributed by atoms with E-state index < -0.39 is 29.6 Å². The molecule has 2 atom stereocenters. The van der Waals surface area contributed by atoms with Crippen molar-refractivity contribution >= 4 is 29.4 Å². The minimum absolute atomic E-state index is 0.137. The SMILES string of the molecule is CC(C)(C)OC(=O)N(C(=O)c1ccccc1)C1CC1C(=O)c1cccc(Cl)c1. The Balaban J connectivity index is 1.85. The van der Waals surface area contributed by atoms with E-state index in [1.807, 2.05) is 0 Å². The summed E-state index contributed by atoms with van der Waals surface area (Å²) in [6.07, 6.45) is -0.337. The van der Waals surface area contributed by atoms with Crippen LogP contribution in [-0.4, -0.2) is 34.3 Å². The van der Waals surface area contributed by atoms with Crippen LogP contribution < -0.4 is 0 Å². The number of carbonyl (C=O) groups excluding carboxylic acids is 3. The van der Waals surface area contributed by atoms with Gasteiger partial charge in [-0.1, -0.05) is 41.9 Å². The fourth-order valence-electron chi connectivity index (χ4n) is 3.00. The van der Waals surface area contributed by atoms with E-state index in [9.17, 15) is 14.4 Å². The first-order valence-corrected chi connectivity index (χ1v) is 9.46. The Kier molecular flexibility index (Phi) is 5.57. The molecule has 2 unspecified atom stereocenters. The third kappa shape index (κ3) is 4.60. The molecule has 3 rings (SSSR count). The molecule has 0 saturated heterocycles. The maximum Gasteiger partial charge on any atom is 0.417 e. The Bertz CT molecular complexity index is 904. The molecule has 28 heavy (non-hydrogen) atoms. The average Bonchev–Trinajstić information content (AvgIpc) is 3.40. The van der Waals surface area contributed by atoms with Crippen LogP contribution in [-0.2, 0) is 4.74 Å². The van der Waals surface area contributed by atoms with Gasteiger partial charge in [0.1, 0.15) is 5.60 Å². The Morgan fingerprint density at radius 1 is 1.00 bits per heavy atom. The molecule has 1 aliphatic rings. The smallest absolute Gasteiger partial charge is 0.417 e. The number of Topliss-reactive ketones (excluding diaryl/α,β-unsaturated/α-hetero) is 1. The highest BCUT2D eigenvalue weighted by atomic mass is 35.5. The van der Waals surface area contributed by atoms with E-state index in [1.54, 1.807) is 75.4 Å². The maximum atomic E-state index is 13.0. The Morgan fingerprint density at radius 2 is 1.64 bits per heavy atom. The van der Waals surface area contributed by atoms with Crippen molar-refractivity contribution in [1.29, 1.82) is 0 Å². The summed E-state index contributed by atoms with van der Waals surface area (Å²) in [6.45, 7) is 5.20. The molecule has 0 heterocycles. The summed E-state index contributed by atoms with van der Waals surface area (Å²) in [4.78, 5) is 39.6. The number of benzene rings is 2. The molecular formula is C22H22ClNO4. The first kappa shape index (κ1) is 20.1. The standard InChI is InChI=1S/C22H22ClNO4/c1-22(2,3)28-21(27)24(20(26)14-8-5-4-6-9-14)18-13-17(18)19(25)15-10-7-11-16(23)12-15/h4-12,17-18H,13H2,1-3H3. The topological polar surface area (TPSA) is 63.7 Å². The van der Waals surface area contributed by atoms with Gasteiger partial charge in [-0.15, -0.1) is 0 Å². The number of hydrogen-bond acceptors (Lipinski definition) is 4. The molecule has 1 saturated carbocycles. The van der Waals surface area contributed by atoms with E-state index in [2.05, 4.69) is 0 Å². The molecule has 6 heteroatoms. The van der Waals surface area contributed by atoms with Crippen molar-refractivity contribution in [1.82, 2.24) is 4.90 Å². The molecule has 2 amide bonds. The second kappa shape index (κ2) is 7.76. The van der Waals surface area contributed by atoms with Gasteiger partial charge in [-0.3, -0.25) is 9.59 Å². The van der Waals surface area contributed by atoms with E-state index in [-0.39, 0.29) is 5.78 Å². The van der Waals surface area contributed by atoms with Crippen LogP contribution in [0.1, 0.15) is 47.9 Å². The molecule has 5 nitrogen and oxygen atoms in total. The Hall–Kier alpha value is -2.66. The lowest BCUT2D eigenvalue weighted by Gasteiger charge is -2.26. The van der Waals surface area contributed by atoms with Crippen molar-refractivity contribution in [3.63, 3.8) is 0 Å². The number of nitrogens with zero attached hydrogens (tertiary/aromatic N) is 1. The van der Waals surface area contributed by atoms with Gasteiger partial charge < -0.3 is 4.74 Å². The number of rotatable bonds is 4. The van der Waals surface area contributed by atoms with Gasteiger partial charge in [0, 0.05) is 22.1 Å². The van der Waals surface area contributed by atoms with Crippen LogP contribution >= 0.6 is 11.6 Å². The molecule has 2 aromatic rings. The van der Waals surface area contributed by atoms with Crippen molar-refractivity contribution in [3.05, 3.63) is 70.7 Å². The maximum absolute atomic E-state index is 13.0. The number of amides is 2. The van der Waals surface area contributed by atoms with E-state index in [0.29, 0.717) is 22.6 Å². The molecule has 1 fully saturated rings. The number of ketones is 1. The second-order valence-electron chi connectivity index (χ2n) is 7.81. The third-order valence-electron chi connectivity index (χ3n) is 4.36. The normalized spacial score (nSPS) is 18.3. The van der Waals surface area contributed by atoms with E-state index in [1.165, 1.54) is 0 Å². The summed E-state index contributed by atoms with van der Waals surface area (Å²) in [7, 11) is 0. The molecule has 0 aliphatic heterocycles. The monoisotopic (exact) mass is 399 g/mol. The number of imide groups is 1. The lowest BCUT2D eigenvalue weighted by Crippen LogP contribution is -2.43. The quantitative estimate of drug-likeness (QED) is 0.679. The number of halogens is 1. The van der Waals surface area contributed by atoms with Crippen LogP contribution in [0.5, 0.6) is 0 Å². The molecule has 0 aromatic heterocycles. The lowest BCUT2D eigenvalue weighted by molar-refractivity contribution is 0.0221. The number of hydrogen-bond donors (Lipinski definition) is 0. The predicted octanol–water partition coefficient (Wildman–Crippen LogP) is 4.99. The van der Waals surface area contributed by atoms with Crippen molar-refractivity contribution in [2.45, 2.75) is 38.8 Å². The minimum Gasteiger partial charge on any atom is -0.443 e. The van der Waals surface area contributed by atoms with E-state index >= 15 is 0 Å². The molecule has 0 bridgehead atoms. The summed E-state index contributed by atoms with van der Waals surface area (Å²) in [5, 5.41) is 0.465. The lowest BCUT2D eigenvalue weighted by atomic mass is 10.1. The summed E-state index contributed by atoms with van der Waals surface area (Å²) in [6, 6.07) is 14.6. The van der Waals surface area contributed by atoms with Gasteiger partial charge in [-0.25, -0.2) is 9.69 Å². The van der Waals surface area contributed by atoms with Gasteiger partial charge in [0.25, 0.3) is 5.91 Å². The van der Waals surface area contributed by atoms with Crippen LogP contribution in [0.25, 0.3) is 0 Å². The van der Waals surface area contributed by atoms with Gasteiger partial charge in [-0.05, 0) is 51.5 Å². The fraction of sp³-hybridized carbons (Fsp3) is 0.318. The molecule has 2 aromatic carbocycles. The van der Waals surface area contributed by atoms with Gasteiger partial charge in [0.15, 0.2) is 5.78 Å². The molecule has 1 aliphatic carbocycles. The first-order chi connectivity index (χ1) is 13.2. The molecule has 0 N–H and O–H groups in total. The van der Waals surface area contributed by atoms with Crippen LogP contribution in [0.3, 0.4) is 0 Å². The Morgan fingerprint density at radius 3 is 2.25 bits per heavy atom.